The zero-order valence-corrected chi connectivity index (χ0v) is 13.9. The van der Waals surface area contributed by atoms with Crippen molar-refractivity contribution in [3.05, 3.63) is 46.6 Å². The average molecular weight is 334 g/mol. The van der Waals surface area contributed by atoms with E-state index in [-0.39, 0.29) is 11.8 Å². The van der Waals surface area contributed by atoms with Crippen LogP contribution >= 0.6 is 11.6 Å². The highest BCUT2D eigenvalue weighted by atomic mass is 35.5. The van der Waals surface area contributed by atoms with Crippen molar-refractivity contribution < 1.29 is 9.21 Å². The minimum absolute atomic E-state index is 0.185. The normalized spacial score (nSPS) is 15.8. The molecule has 0 unspecified atom stereocenters. The number of hydrogen-bond donors (Lipinski definition) is 0. The molecule has 3 rings (SSSR count). The molecule has 0 radical (unpaired) electrons. The van der Waals surface area contributed by atoms with Crippen LogP contribution in [0, 0.1) is 6.92 Å². The molecule has 0 atom stereocenters. The highest BCUT2D eigenvalue weighted by molar-refractivity contribution is 6.31. The van der Waals surface area contributed by atoms with Crippen LogP contribution in [0.2, 0.25) is 5.02 Å². The van der Waals surface area contributed by atoms with Gasteiger partial charge in [0.15, 0.2) is 0 Å². The highest BCUT2D eigenvalue weighted by Crippen LogP contribution is 2.27. The first-order valence-corrected chi connectivity index (χ1v) is 8.32. The van der Waals surface area contributed by atoms with Gasteiger partial charge < -0.3 is 9.32 Å². The molecular formula is C17H20ClN3O2. The molecule has 1 saturated heterocycles. The Kier molecular flexibility index (Phi) is 4.96. The van der Waals surface area contributed by atoms with Crippen LogP contribution in [0.1, 0.15) is 42.5 Å². The van der Waals surface area contributed by atoms with Crippen molar-refractivity contribution in [2.24, 2.45) is 0 Å². The van der Waals surface area contributed by atoms with Crippen molar-refractivity contribution in [2.75, 3.05) is 13.1 Å². The van der Waals surface area contributed by atoms with E-state index in [1.807, 2.05) is 29.2 Å². The van der Waals surface area contributed by atoms with E-state index in [4.69, 9.17) is 16.0 Å². The van der Waals surface area contributed by atoms with Gasteiger partial charge in [0.2, 0.25) is 17.7 Å². The second-order valence-electron chi connectivity index (χ2n) is 5.91. The Morgan fingerprint density at radius 1 is 1.30 bits per heavy atom. The predicted molar refractivity (Wildman–Crippen MR) is 87.4 cm³/mol. The van der Waals surface area contributed by atoms with Crippen LogP contribution in [-0.4, -0.2) is 34.1 Å². The minimum Gasteiger partial charge on any atom is -0.425 e. The SMILES string of the molecule is Cc1nnc(C2CCN(C(=O)CCc3ccccc3Cl)CC2)o1. The summed E-state index contributed by atoms with van der Waals surface area (Å²) in [4.78, 5) is 14.3. The summed E-state index contributed by atoms with van der Waals surface area (Å²) in [6.45, 7) is 3.28. The van der Waals surface area contributed by atoms with Crippen LogP contribution in [0.25, 0.3) is 0 Å². The van der Waals surface area contributed by atoms with Gasteiger partial charge in [-0.05, 0) is 30.9 Å². The number of likely N-dealkylation sites (tertiary alicyclic amines) is 1. The van der Waals surface area contributed by atoms with E-state index in [0.29, 0.717) is 24.6 Å². The van der Waals surface area contributed by atoms with Crippen molar-refractivity contribution in [3.63, 3.8) is 0 Å². The first kappa shape index (κ1) is 16.0. The second kappa shape index (κ2) is 7.13. The molecule has 1 fully saturated rings. The van der Waals surface area contributed by atoms with Gasteiger partial charge >= 0.3 is 0 Å². The van der Waals surface area contributed by atoms with E-state index in [0.717, 1.165) is 36.5 Å². The van der Waals surface area contributed by atoms with Crippen LogP contribution < -0.4 is 0 Å². The van der Waals surface area contributed by atoms with Crippen molar-refractivity contribution in [3.8, 4) is 0 Å². The quantitative estimate of drug-likeness (QED) is 0.860. The lowest BCUT2D eigenvalue weighted by Gasteiger charge is -2.30. The number of nitrogens with zero attached hydrogens (tertiary/aromatic N) is 3. The Bertz CT molecular complexity index is 678. The molecule has 1 aromatic carbocycles. The van der Waals surface area contributed by atoms with E-state index in [1.54, 1.807) is 6.92 Å². The third-order valence-corrected chi connectivity index (χ3v) is 4.67. The third kappa shape index (κ3) is 3.91. The van der Waals surface area contributed by atoms with Crippen LogP contribution in [0.5, 0.6) is 0 Å². The molecule has 1 aromatic heterocycles. The number of piperidine rings is 1. The monoisotopic (exact) mass is 333 g/mol. The zero-order chi connectivity index (χ0) is 16.2. The number of rotatable bonds is 4. The van der Waals surface area contributed by atoms with E-state index in [2.05, 4.69) is 10.2 Å². The maximum Gasteiger partial charge on any atom is 0.222 e. The molecule has 122 valence electrons. The van der Waals surface area contributed by atoms with Gasteiger partial charge in [0.25, 0.3) is 0 Å². The van der Waals surface area contributed by atoms with Crippen LogP contribution in [0.4, 0.5) is 0 Å². The smallest absolute Gasteiger partial charge is 0.222 e. The Morgan fingerprint density at radius 3 is 2.70 bits per heavy atom. The Labute approximate surface area is 140 Å². The first-order valence-electron chi connectivity index (χ1n) is 7.94. The Balaban J connectivity index is 1.49. The lowest BCUT2D eigenvalue weighted by molar-refractivity contribution is -0.132. The van der Waals surface area contributed by atoms with Gasteiger partial charge in [-0.25, -0.2) is 0 Å². The molecule has 1 amide bonds. The number of carbonyl (C=O) groups is 1. The molecule has 1 aliphatic heterocycles. The molecule has 0 spiro atoms. The number of benzene rings is 1. The van der Waals surface area contributed by atoms with E-state index < -0.39 is 0 Å². The molecule has 1 aliphatic rings. The lowest BCUT2D eigenvalue weighted by atomic mass is 9.96. The lowest BCUT2D eigenvalue weighted by Crippen LogP contribution is -2.38. The number of halogens is 1. The summed E-state index contributed by atoms with van der Waals surface area (Å²) in [6.07, 6.45) is 2.92. The fourth-order valence-electron chi connectivity index (χ4n) is 2.95. The van der Waals surface area contributed by atoms with Crippen LogP contribution in [0.15, 0.2) is 28.7 Å². The average Bonchev–Trinajstić information content (AvgIpc) is 3.00. The maximum absolute atomic E-state index is 12.4. The van der Waals surface area contributed by atoms with Crippen LogP contribution in [-0.2, 0) is 11.2 Å². The minimum atomic E-state index is 0.185. The number of carbonyl (C=O) groups excluding carboxylic acids is 1. The van der Waals surface area contributed by atoms with Crippen molar-refractivity contribution in [1.82, 2.24) is 15.1 Å². The van der Waals surface area contributed by atoms with Gasteiger partial charge in [-0.2, -0.15) is 0 Å². The summed E-state index contributed by atoms with van der Waals surface area (Å²) in [6, 6.07) is 7.68. The Morgan fingerprint density at radius 2 is 2.04 bits per heavy atom. The topological polar surface area (TPSA) is 59.2 Å². The summed E-state index contributed by atoms with van der Waals surface area (Å²) >= 11 is 6.13. The van der Waals surface area contributed by atoms with Gasteiger partial charge in [-0.15, -0.1) is 10.2 Å². The molecular weight excluding hydrogens is 314 g/mol. The van der Waals surface area contributed by atoms with Crippen molar-refractivity contribution >= 4 is 17.5 Å². The standard InChI is InChI=1S/C17H20ClN3O2/c1-12-19-20-17(23-12)14-8-10-21(11-9-14)16(22)7-6-13-4-2-3-5-15(13)18/h2-5,14H,6-11H2,1H3. The summed E-state index contributed by atoms with van der Waals surface area (Å²) in [5.41, 5.74) is 1.03. The summed E-state index contributed by atoms with van der Waals surface area (Å²) in [5, 5.41) is 8.70. The molecule has 0 N–H and O–H groups in total. The first-order chi connectivity index (χ1) is 11.1. The van der Waals surface area contributed by atoms with E-state index in [9.17, 15) is 4.79 Å². The number of aryl methyl sites for hydroxylation is 2. The predicted octanol–water partition coefficient (Wildman–Crippen LogP) is 3.37. The van der Waals surface area contributed by atoms with Crippen LogP contribution in [0.3, 0.4) is 0 Å². The van der Waals surface area contributed by atoms with E-state index in [1.165, 1.54) is 0 Å². The van der Waals surface area contributed by atoms with Gasteiger partial charge in [-0.3, -0.25) is 4.79 Å². The molecule has 6 heteroatoms. The Hall–Kier alpha value is -1.88. The molecule has 5 nitrogen and oxygen atoms in total. The number of aromatic nitrogens is 2. The summed E-state index contributed by atoms with van der Waals surface area (Å²) in [7, 11) is 0. The van der Waals surface area contributed by atoms with Gasteiger partial charge in [0, 0.05) is 37.4 Å². The van der Waals surface area contributed by atoms with Gasteiger partial charge in [-0.1, -0.05) is 29.8 Å². The molecule has 0 aliphatic carbocycles. The molecule has 2 heterocycles. The molecule has 0 bridgehead atoms. The fourth-order valence-corrected chi connectivity index (χ4v) is 3.18. The maximum atomic E-state index is 12.4. The largest absolute Gasteiger partial charge is 0.425 e. The van der Waals surface area contributed by atoms with Gasteiger partial charge in [0.05, 0.1) is 0 Å². The number of hydrogen-bond acceptors (Lipinski definition) is 4. The third-order valence-electron chi connectivity index (χ3n) is 4.30. The fraction of sp³-hybridized carbons (Fsp3) is 0.471. The number of amides is 1. The van der Waals surface area contributed by atoms with Crippen molar-refractivity contribution in [1.29, 1.82) is 0 Å². The second-order valence-corrected chi connectivity index (χ2v) is 6.31. The summed E-state index contributed by atoms with van der Waals surface area (Å²) in [5.74, 6) is 1.75. The molecule has 23 heavy (non-hydrogen) atoms. The van der Waals surface area contributed by atoms with Crippen molar-refractivity contribution in [2.45, 2.75) is 38.5 Å². The molecule has 0 saturated carbocycles. The summed E-state index contributed by atoms with van der Waals surface area (Å²) < 4.78 is 5.50. The zero-order valence-electron chi connectivity index (χ0n) is 13.2. The highest BCUT2D eigenvalue weighted by Gasteiger charge is 2.26. The van der Waals surface area contributed by atoms with Gasteiger partial charge in [0.1, 0.15) is 0 Å². The van der Waals surface area contributed by atoms with E-state index >= 15 is 0 Å². The molecule has 2 aromatic rings.